The Morgan fingerprint density at radius 3 is 2.81 bits per heavy atom. The molecule has 0 fully saturated rings. The minimum Gasteiger partial charge on any atom is -0.332 e. The van der Waals surface area contributed by atoms with Gasteiger partial charge in [-0.3, -0.25) is 4.79 Å². The van der Waals surface area contributed by atoms with E-state index >= 15 is 0 Å². The Labute approximate surface area is 92.5 Å². The molecule has 0 N–H and O–H groups in total. The topological polar surface area (TPSA) is 34.9 Å². The summed E-state index contributed by atoms with van der Waals surface area (Å²) in [5.41, 5.74) is 0.978. The van der Waals surface area contributed by atoms with Crippen molar-refractivity contribution in [1.29, 1.82) is 0 Å². The van der Waals surface area contributed by atoms with Gasteiger partial charge in [-0.15, -0.1) is 0 Å². The Morgan fingerprint density at radius 2 is 2.19 bits per heavy atom. The lowest BCUT2D eigenvalue weighted by Crippen LogP contribution is -1.99. The van der Waals surface area contributed by atoms with Crippen molar-refractivity contribution in [2.45, 2.75) is 13.5 Å². The summed E-state index contributed by atoms with van der Waals surface area (Å²) in [4.78, 5) is 15.0. The lowest BCUT2D eigenvalue weighted by molar-refractivity contribution is 0.101. The van der Waals surface area contributed by atoms with E-state index in [1.807, 2.05) is 0 Å². The molecule has 0 aliphatic heterocycles. The van der Waals surface area contributed by atoms with E-state index in [0.29, 0.717) is 17.8 Å². The number of hydrogen-bond acceptors (Lipinski definition) is 2. The number of Topliss-reactive ketones (excluding diaryl/α,β-unsaturated/α-hetero) is 1. The van der Waals surface area contributed by atoms with Crippen LogP contribution in [0.3, 0.4) is 0 Å². The van der Waals surface area contributed by atoms with E-state index in [4.69, 9.17) is 0 Å². The monoisotopic (exact) mass is 218 g/mol. The highest BCUT2D eigenvalue weighted by Gasteiger charge is 2.05. The van der Waals surface area contributed by atoms with Crippen LogP contribution in [0.15, 0.2) is 36.8 Å². The Morgan fingerprint density at radius 1 is 1.44 bits per heavy atom. The van der Waals surface area contributed by atoms with Crippen molar-refractivity contribution in [3.63, 3.8) is 0 Å². The van der Waals surface area contributed by atoms with Crippen molar-refractivity contribution in [3.8, 4) is 0 Å². The van der Waals surface area contributed by atoms with Gasteiger partial charge in [0.15, 0.2) is 5.78 Å². The molecule has 0 aliphatic carbocycles. The van der Waals surface area contributed by atoms with Gasteiger partial charge in [0.2, 0.25) is 0 Å². The molecule has 2 aromatic rings. The number of imidazole rings is 1. The van der Waals surface area contributed by atoms with E-state index in [2.05, 4.69) is 4.98 Å². The van der Waals surface area contributed by atoms with Crippen LogP contribution in [0.25, 0.3) is 0 Å². The van der Waals surface area contributed by atoms with Crippen molar-refractivity contribution >= 4 is 5.78 Å². The SMILES string of the molecule is CC(=O)c1cn(Cc2ccccc2F)cn1. The van der Waals surface area contributed by atoms with Gasteiger partial charge >= 0.3 is 0 Å². The molecule has 82 valence electrons. The van der Waals surface area contributed by atoms with E-state index in [0.717, 1.165) is 0 Å². The number of carbonyl (C=O) groups excluding carboxylic acids is 1. The van der Waals surface area contributed by atoms with Gasteiger partial charge in [0, 0.05) is 18.7 Å². The number of benzene rings is 1. The van der Waals surface area contributed by atoms with Gasteiger partial charge in [0.1, 0.15) is 11.5 Å². The smallest absolute Gasteiger partial charge is 0.179 e. The molecule has 2 rings (SSSR count). The number of ketones is 1. The van der Waals surface area contributed by atoms with Crippen molar-refractivity contribution in [1.82, 2.24) is 9.55 Å². The van der Waals surface area contributed by atoms with Crippen LogP contribution in [-0.4, -0.2) is 15.3 Å². The molecule has 3 nitrogen and oxygen atoms in total. The van der Waals surface area contributed by atoms with E-state index in [1.165, 1.54) is 19.3 Å². The summed E-state index contributed by atoms with van der Waals surface area (Å²) in [6.45, 7) is 1.84. The van der Waals surface area contributed by atoms with Gasteiger partial charge in [-0.05, 0) is 6.07 Å². The molecule has 1 aromatic carbocycles. The lowest BCUT2D eigenvalue weighted by Gasteiger charge is -2.02. The number of carbonyl (C=O) groups is 1. The second-order valence-corrected chi connectivity index (χ2v) is 3.58. The average Bonchev–Trinajstić information content (AvgIpc) is 2.70. The molecule has 0 saturated heterocycles. The molecule has 0 radical (unpaired) electrons. The maximum absolute atomic E-state index is 13.3. The number of aromatic nitrogens is 2. The van der Waals surface area contributed by atoms with E-state index in [9.17, 15) is 9.18 Å². The Balaban J connectivity index is 2.21. The third-order valence-electron chi connectivity index (χ3n) is 2.30. The normalized spacial score (nSPS) is 10.4. The fourth-order valence-corrected chi connectivity index (χ4v) is 1.45. The second-order valence-electron chi connectivity index (χ2n) is 3.58. The predicted molar refractivity (Wildman–Crippen MR) is 57.7 cm³/mol. The van der Waals surface area contributed by atoms with Gasteiger partial charge in [-0.25, -0.2) is 9.37 Å². The third-order valence-corrected chi connectivity index (χ3v) is 2.30. The van der Waals surface area contributed by atoms with Crippen LogP contribution >= 0.6 is 0 Å². The van der Waals surface area contributed by atoms with Crippen LogP contribution in [-0.2, 0) is 6.54 Å². The molecule has 0 spiro atoms. The molecular formula is C12H11FN2O. The van der Waals surface area contributed by atoms with Gasteiger partial charge in [-0.1, -0.05) is 18.2 Å². The first-order valence-electron chi connectivity index (χ1n) is 4.93. The molecule has 0 aliphatic rings. The quantitative estimate of drug-likeness (QED) is 0.741. The van der Waals surface area contributed by atoms with Gasteiger partial charge in [-0.2, -0.15) is 0 Å². The Kier molecular flexibility index (Phi) is 2.81. The van der Waals surface area contributed by atoms with E-state index in [-0.39, 0.29) is 11.6 Å². The Hall–Kier alpha value is -1.97. The number of hydrogen-bond donors (Lipinski definition) is 0. The largest absolute Gasteiger partial charge is 0.332 e. The predicted octanol–water partition coefficient (Wildman–Crippen LogP) is 2.27. The van der Waals surface area contributed by atoms with Crippen LogP contribution < -0.4 is 0 Å². The first kappa shape index (κ1) is 10.5. The maximum atomic E-state index is 13.3. The van der Waals surface area contributed by atoms with Crippen molar-refractivity contribution in [2.75, 3.05) is 0 Å². The molecule has 1 aromatic heterocycles. The highest BCUT2D eigenvalue weighted by atomic mass is 19.1. The zero-order valence-corrected chi connectivity index (χ0v) is 8.85. The first-order chi connectivity index (χ1) is 7.66. The van der Waals surface area contributed by atoms with Gasteiger partial charge in [0.05, 0.1) is 12.9 Å². The molecular weight excluding hydrogens is 207 g/mol. The van der Waals surface area contributed by atoms with Crippen molar-refractivity contribution in [3.05, 3.63) is 53.9 Å². The molecule has 0 unspecified atom stereocenters. The van der Waals surface area contributed by atoms with E-state index in [1.54, 1.807) is 29.0 Å². The molecule has 0 atom stereocenters. The van der Waals surface area contributed by atoms with Crippen LogP contribution in [0.2, 0.25) is 0 Å². The second kappa shape index (κ2) is 4.26. The van der Waals surface area contributed by atoms with Gasteiger partial charge < -0.3 is 4.57 Å². The summed E-state index contributed by atoms with van der Waals surface area (Å²) < 4.78 is 15.0. The fraction of sp³-hybridized carbons (Fsp3) is 0.167. The molecule has 0 amide bonds. The summed E-state index contributed by atoms with van der Waals surface area (Å²) in [5.74, 6) is -0.340. The summed E-state index contributed by atoms with van der Waals surface area (Å²) in [6.07, 6.45) is 3.15. The van der Waals surface area contributed by atoms with Crippen LogP contribution in [0.4, 0.5) is 4.39 Å². The van der Waals surface area contributed by atoms with Crippen molar-refractivity contribution in [2.24, 2.45) is 0 Å². The third kappa shape index (κ3) is 2.16. The minimum absolute atomic E-state index is 0.0905. The Bertz CT molecular complexity index is 519. The highest BCUT2D eigenvalue weighted by Crippen LogP contribution is 2.09. The summed E-state index contributed by atoms with van der Waals surface area (Å²) >= 11 is 0. The highest BCUT2D eigenvalue weighted by molar-refractivity contribution is 5.91. The van der Waals surface area contributed by atoms with Crippen LogP contribution in [0.5, 0.6) is 0 Å². The number of nitrogens with zero attached hydrogens (tertiary/aromatic N) is 2. The zero-order chi connectivity index (χ0) is 11.5. The molecule has 4 heteroatoms. The zero-order valence-electron chi connectivity index (χ0n) is 8.85. The summed E-state index contributed by atoms with van der Waals surface area (Å²) in [7, 11) is 0. The van der Waals surface area contributed by atoms with Crippen molar-refractivity contribution < 1.29 is 9.18 Å². The molecule has 0 saturated carbocycles. The van der Waals surface area contributed by atoms with Crippen LogP contribution in [0, 0.1) is 5.82 Å². The van der Waals surface area contributed by atoms with Gasteiger partial charge in [0.25, 0.3) is 0 Å². The minimum atomic E-state index is -0.249. The maximum Gasteiger partial charge on any atom is 0.179 e. The molecule has 16 heavy (non-hydrogen) atoms. The fourth-order valence-electron chi connectivity index (χ4n) is 1.45. The standard InChI is InChI=1S/C12H11FN2O/c1-9(16)12-7-15(8-14-12)6-10-4-2-3-5-11(10)13/h2-5,7-8H,6H2,1H3. The number of rotatable bonds is 3. The summed E-state index contributed by atoms with van der Waals surface area (Å²) in [6, 6.07) is 6.55. The average molecular weight is 218 g/mol. The first-order valence-corrected chi connectivity index (χ1v) is 4.93. The van der Waals surface area contributed by atoms with E-state index < -0.39 is 0 Å². The number of halogens is 1. The molecule has 1 heterocycles. The summed E-state index contributed by atoms with van der Waals surface area (Å²) in [5, 5.41) is 0. The molecule has 0 bridgehead atoms. The van der Waals surface area contributed by atoms with Crippen LogP contribution in [0.1, 0.15) is 23.0 Å². The lowest BCUT2D eigenvalue weighted by atomic mass is 10.2.